The number of hydrogen-bond acceptors (Lipinski definition) is 3. The molecular formula is C24H32N2O2. The van der Waals surface area contributed by atoms with Gasteiger partial charge in [-0.05, 0) is 55.3 Å². The van der Waals surface area contributed by atoms with E-state index in [9.17, 15) is 9.59 Å². The Hall–Kier alpha value is -2.46. The molecule has 0 aliphatic carbocycles. The monoisotopic (exact) mass is 380 g/mol. The molecule has 0 heterocycles. The quantitative estimate of drug-likeness (QED) is 0.621. The van der Waals surface area contributed by atoms with Gasteiger partial charge in [0.05, 0.1) is 0 Å². The number of carbonyl (C=O) groups excluding carboxylic acids is 2. The van der Waals surface area contributed by atoms with Crippen molar-refractivity contribution in [3.8, 4) is 0 Å². The molecule has 0 fully saturated rings. The average molecular weight is 381 g/mol. The van der Waals surface area contributed by atoms with E-state index >= 15 is 0 Å². The third kappa shape index (κ3) is 6.61. The summed E-state index contributed by atoms with van der Waals surface area (Å²) in [6, 6.07) is 14.0. The van der Waals surface area contributed by atoms with E-state index < -0.39 is 0 Å². The number of nitrogens with one attached hydrogen (secondary N) is 1. The Morgan fingerprint density at radius 3 is 2.11 bits per heavy atom. The normalized spacial score (nSPS) is 10.9. The second kappa shape index (κ2) is 10.8. The summed E-state index contributed by atoms with van der Waals surface area (Å²) in [6.45, 7) is 11.8. The maximum absolute atomic E-state index is 12.3. The summed E-state index contributed by atoms with van der Waals surface area (Å²) in [5.41, 5.74) is 5.28. The number of nitrogens with zero attached hydrogens (tertiary/aromatic N) is 1. The molecule has 28 heavy (non-hydrogen) atoms. The van der Waals surface area contributed by atoms with Crippen LogP contribution in [-0.2, 0) is 17.9 Å². The van der Waals surface area contributed by atoms with Gasteiger partial charge in [-0.3, -0.25) is 14.5 Å². The highest BCUT2D eigenvalue weighted by Gasteiger charge is 2.10. The predicted octanol–water partition coefficient (Wildman–Crippen LogP) is 4.42. The Morgan fingerprint density at radius 1 is 0.857 bits per heavy atom. The van der Waals surface area contributed by atoms with Crippen LogP contribution in [0.15, 0.2) is 42.5 Å². The number of hydrogen-bond donors (Lipinski definition) is 1. The van der Waals surface area contributed by atoms with Gasteiger partial charge in [-0.15, -0.1) is 0 Å². The Labute approximate surface area is 169 Å². The molecule has 2 rings (SSSR count). The summed E-state index contributed by atoms with van der Waals surface area (Å²) in [4.78, 5) is 26.7. The summed E-state index contributed by atoms with van der Waals surface area (Å²) in [5, 5.41) is 2.91. The third-order valence-corrected chi connectivity index (χ3v) is 5.22. The fraction of sp³-hybridized carbons (Fsp3) is 0.417. The number of aryl methyl sites for hydroxylation is 2. The molecule has 1 amide bonds. The van der Waals surface area contributed by atoms with Gasteiger partial charge in [0.25, 0.3) is 0 Å². The first-order valence-corrected chi connectivity index (χ1v) is 10.1. The first-order chi connectivity index (χ1) is 13.4. The Bertz CT molecular complexity index is 793. The highest BCUT2D eigenvalue weighted by atomic mass is 16.2. The van der Waals surface area contributed by atoms with Gasteiger partial charge in [-0.1, -0.05) is 50.2 Å². The van der Waals surface area contributed by atoms with Crippen LogP contribution in [0.3, 0.4) is 0 Å². The van der Waals surface area contributed by atoms with E-state index in [0.717, 1.165) is 36.3 Å². The van der Waals surface area contributed by atoms with Crippen molar-refractivity contribution in [3.05, 3.63) is 70.3 Å². The minimum Gasteiger partial charge on any atom is -0.352 e. The van der Waals surface area contributed by atoms with E-state index in [0.29, 0.717) is 12.1 Å². The van der Waals surface area contributed by atoms with E-state index in [1.54, 1.807) is 0 Å². The van der Waals surface area contributed by atoms with Crippen molar-refractivity contribution in [2.45, 2.75) is 53.6 Å². The summed E-state index contributed by atoms with van der Waals surface area (Å²) in [6.07, 6.45) is 0.447. The lowest BCUT2D eigenvalue weighted by atomic mass is 10.0. The second-order valence-corrected chi connectivity index (χ2v) is 7.28. The Morgan fingerprint density at radius 2 is 1.50 bits per heavy atom. The zero-order valence-corrected chi connectivity index (χ0v) is 17.5. The highest BCUT2D eigenvalue weighted by molar-refractivity contribution is 5.98. The number of carbonyl (C=O) groups is 2. The van der Waals surface area contributed by atoms with Crippen LogP contribution in [0.1, 0.15) is 59.3 Å². The van der Waals surface area contributed by atoms with E-state index in [2.05, 4.69) is 48.3 Å². The molecule has 0 unspecified atom stereocenters. The zero-order chi connectivity index (χ0) is 20.5. The molecule has 0 atom stereocenters. The number of benzene rings is 2. The molecule has 1 N–H and O–H groups in total. The van der Waals surface area contributed by atoms with Gasteiger partial charge >= 0.3 is 0 Å². The van der Waals surface area contributed by atoms with E-state index in [-0.39, 0.29) is 24.5 Å². The minimum absolute atomic E-state index is 0.0130. The molecule has 0 saturated carbocycles. The van der Waals surface area contributed by atoms with Crippen molar-refractivity contribution in [1.29, 1.82) is 0 Å². The lowest BCUT2D eigenvalue weighted by Gasteiger charge is -2.18. The smallest absolute Gasteiger partial charge is 0.220 e. The largest absolute Gasteiger partial charge is 0.352 e. The second-order valence-electron chi connectivity index (χ2n) is 7.28. The molecule has 4 heteroatoms. The number of rotatable bonds is 10. The molecule has 0 aliphatic rings. The standard InChI is InChI=1S/C24H32N2O2/c1-5-26(6-2)17-21-10-8-20(9-11-21)16-25-24(28)14-13-23(27)22-12-7-18(3)19(4)15-22/h7-12,15H,5-6,13-14,16-17H2,1-4H3,(H,25,28). The van der Waals surface area contributed by atoms with Crippen LogP contribution in [0.5, 0.6) is 0 Å². The van der Waals surface area contributed by atoms with Crippen molar-refractivity contribution in [1.82, 2.24) is 10.2 Å². The van der Waals surface area contributed by atoms with Gasteiger partial charge in [0.1, 0.15) is 0 Å². The fourth-order valence-electron chi connectivity index (χ4n) is 3.04. The van der Waals surface area contributed by atoms with Crippen molar-refractivity contribution < 1.29 is 9.59 Å². The molecule has 0 radical (unpaired) electrons. The van der Waals surface area contributed by atoms with Crippen LogP contribution >= 0.6 is 0 Å². The Kier molecular flexibility index (Phi) is 8.40. The topological polar surface area (TPSA) is 49.4 Å². The maximum atomic E-state index is 12.3. The number of amides is 1. The van der Waals surface area contributed by atoms with Gasteiger partial charge < -0.3 is 5.32 Å². The number of Topliss-reactive ketones (excluding diaryl/α,β-unsaturated/α-hetero) is 1. The van der Waals surface area contributed by atoms with Crippen LogP contribution in [0.2, 0.25) is 0 Å². The first kappa shape index (κ1) is 21.8. The summed E-state index contributed by atoms with van der Waals surface area (Å²) >= 11 is 0. The summed E-state index contributed by atoms with van der Waals surface area (Å²) < 4.78 is 0. The van der Waals surface area contributed by atoms with E-state index in [1.165, 1.54) is 5.56 Å². The third-order valence-electron chi connectivity index (χ3n) is 5.22. The molecular weight excluding hydrogens is 348 g/mol. The van der Waals surface area contributed by atoms with Gasteiger partial charge in [-0.2, -0.15) is 0 Å². The SMILES string of the molecule is CCN(CC)Cc1ccc(CNC(=O)CCC(=O)c2ccc(C)c(C)c2)cc1. The molecule has 0 saturated heterocycles. The van der Waals surface area contributed by atoms with Crippen molar-refractivity contribution in [2.24, 2.45) is 0 Å². The van der Waals surface area contributed by atoms with E-state index in [4.69, 9.17) is 0 Å². The summed E-state index contributed by atoms with van der Waals surface area (Å²) in [7, 11) is 0. The van der Waals surface area contributed by atoms with Crippen LogP contribution in [0, 0.1) is 13.8 Å². The molecule has 150 valence electrons. The first-order valence-electron chi connectivity index (χ1n) is 10.1. The van der Waals surface area contributed by atoms with Crippen molar-refractivity contribution in [3.63, 3.8) is 0 Å². The average Bonchev–Trinajstić information content (AvgIpc) is 2.71. The minimum atomic E-state index is -0.0931. The molecule has 2 aromatic rings. The van der Waals surface area contributed by atoms with Gasteiger partial charge in [0.2, 0.25) is 5.91 Å². The fourth-order valence-corrected chi connectivity index (χ4v) is 3.04. The lowest BCUT2D eigenvalue weighted by molar-refractivity contribution is -0.121. The molecule has 0 aliphatic heterocycles. The molecule has 0 aromatic heterocycles. The van der Waals surface area contributed by atoms with Gasteiger partial charge in [0.15, 0.2) is 5.78 Å². The Balaban J connectivity index is 1.77. The van der Waals surface area contributed by atoms with E-state index in [1.807, 2.05) is 32.0 Å². The van der Waals surface area contributed by atoms with Crippen LogP contribution in [-0.4, -0.2) is 29.7 Å². The molecule has 0 bridgehead atoms. The highest BCUT2D eigenvalue weighted by Crippen LogP contribution is 2.13. The van der Waals surface area contributed by atoms with Gasteiger partial charge in [0, 0.05) is 31.5 Å². The van der Waals surface area contributed by atoms with Crippen molar-refractivity contribution >= 4 is 11.7 Å². The van der Waals surface area contributed by atoms with Crippen molar-refractivity contribution in [2.75, 3.05) is 13.1 Å². The van der Waals surface area contributed by atoms with Crippen LogP contribution < -0.4 is 5.32 Å². The number of ketones is 1. The zero-order valence-electron chi connectivity index (χ0n) is 17.5. The molecule has 2 aromatic carbocycles. The lowest BCUT2D eigenvalue weighted by Crippen LogP contribution is -2.23. The summed E-state index contributed by atoms with van der Waals surface area (Å²) in [5.74, 6) is -0.0802. The molecule has 4 nitrogen and oxygen atoms in total. The molecule has 0 spiro atoms. The van der Waals surface area contributed by atoms with Crippen LogP contribution in [0.25, 0.3) is 0 Å². The maximum Gasteiger partial charge on any atom is 0.220 e. The predicted molar refractivity (Wildman–Crippen MR) is 114 cm³/mol. The van der Waals surface area contributed by atoms with Gasteiger partial charge in [-0.25, -0.2) is 0 Å². The van der Waals surface area contributed by atoms with Crippen LogP contribution in [0.4, 0.5) is 0 Å².